The van der Waals surface area contributed by atoms with E-state index in [1.54, 1.807) is 6.07 Å². The van der Waals surface area contributed by atoms with E-state index in [1.807, 2.05) is 13.8 Å². The van der Waals surface area contributed by atoms with Gasteiger partial charge in [-0.1, -0.05) is 13.8 Å². The van der Waals surface area contributed by atoms with Crippen molar-refractivity contribution in [3.05, 3.63) is 28.3 Å². The second kappa shape index (κ2) is 5.49. The number of hydrogen-bond acceptors (Lipinski definition) is 5. The van der Waals surface area contributed by atoms with Crippen LogP contribution in [0.4, 0.5) is 17.1 Å². The highest BCUT2D eigenvalue weighted by Gasteiger charge is 2.14. The van der Waals surface area contributed by atoms with Gasteiger partial charge in [0.1, 0.15) is 0 Å². The van der Waals surface area contributed by atoms with E-state index in [4.69, 9.17) is 5.73 Å². The summed E-state index contributed by atoms with van der Waals surface area (Å²) in [5, 5.41) is 22.8. The minimum absolute atomic E-state index is 0.0197. The second-order valence-electron chi connectivity index (χ2n) is 4.21. The third-order valence-electron chi connectivity index (χ3n) is 2.59. The lowest BCUT2D eigenvalue weighted by molar-refractivity contribution is -0.384. The van der Waals surface area contributed by atoms with Crippen molar-refractivity contribution in [1.29, 1.82) is 0 Å². The van der Waals surface area contributed by atoms with Gasteiger partial charge in [0, 0.05) is 12.1 Å². The van der Waals surface area contributed by atoms with Crippen LogP contribution in [0.5, 0.6) is 0 Å². The molecule has 1 aromatic carbocycles. The highest BCUT2D eigenvalue weighted by molar-refractivity contribution is 5.69. The Labute approximate surface area is 99.6 Å². The molecule has 0 aromatic heterocycles. The summed E-state index contributed by atoms with van der Waals surface area (Å²) in [5.41, 5.74) is 6.57. The van der Waals surface area contributed by atoms with Gasteiger partial charge in [0.2, 0.25) is 0 Å². The summed E-state index contributed by atoms with van der Waals surface area (Å²) in [4.78, 5) is 10.0. The van der Waals surface area contributed by atoms with E-state index in [0.29, 0.717) is 11.4 Å². The number of nitrogens with two attached hydrogens (primary N) is 1. The Bertz CT molecular complexity index is 407. The molecule has 0 aliphatic rings. The molecule has 0 saturated heterocycles. The average Bonchev–Trinajstić information content (AvgIpc) is 2.26. The topological polar surface area (TPSA) is 101 Å². The van der Waals surface area contributed by atoms with Crippen molar-refractivity contribution < 1.29 is 10.0 Å². The molecule has 1 unspecified atom stereocenters. The molecule has 0 heterocycles. The van der Waals surface area contributed by atoms with Gasteiger partial charge in [-0.05, 0) is 12.0 Å². The molecule has 94 valence electrons. The van der Waals surface area contributed by atoms with Gasteiger partial charge < -0.3 is 16.2 Å². The fourth-order valence-corrected chi connectivity index (χ4v) is 1.42. The lowest BCUT2D eigenvalue weighted by atomic mass is 10.0. The van der Waals surface area contributed by atoms with Crippen LogP contribution in [-0.4, -0.2) is 22.7 Å². The summed E-state index contributed by atoms with van der Waals surface area (Å²) >= 11 is 0. The normalized spacial score (nSPS) is 12.5. The van der Waals surface area contributed by atoms with Crippen LogP contribution in [0.2, 0.25) is 0 Å². The van der Waals surface area contributed by atoms with Crippen molar-refractivity contribution in [3.63, 3.8) is 0 Å². The quantitative estimate of drug-likeness (QED) is 0.411. The van der Waals surface area contributed by atoms with Crippen molar-refractivity contribution in [1.82, 2.24) is 0 Å². The van der Waals surface area contributed by atoms with Crippen molar-refractivity contribution >= 4 is 17.1 Å². The highest BCUT2D eigenvalue weighted by Crippen LogP contribution is 2.25. The number of anilines is 2. The molecule has 17 heavy (non-hydrogen) atoms. The van der Waals surface area contributed by atoms with Crippen molar-refractivity contribution in [2.45, 2.75) is 19.9 Å². The number of nitrogens with one attached hydrogen (secondary N) is 1. The number of nitrogens with zero attached hydrogens (tertiary/aromatic N) is 1. The molecule has 0 saturated carbocycles. The molecule has 0 aliphatic heterocycles. The number of nitro groups is 1. The molecule has 6 heteroatoms. The van der Waals surface area contributed by atoms with E-state index in [9.17, 15) is 15.2 Å². The molecular formula is C11H17N3O3. The molecule has 1 atom stereocenters. The highest BCUT2D eigenvalue weighted by atomic mass is 16.6. The first kappa shape index (κ1) is 13.2. The fourth-order valence-electron chi connectivity index (χ4n) is 1.42. The molecule has 0 bridgehead atoms. The van der Waals surface area contributed by atoms with E-state index in [1.165, 1.54) is 12.1 Å². The molecule has 0 spiro atoms. The van der Waals surface area contributed by atoms with Crippen LogP contribution in [0.25, 0.3) is 0 Å². The molecule has 0 radical (unpaired) electrons. The van der Waals surface area contributed by atoms with Gasteiger partial charge in [-0.3, -0.25) is 10.1 Å². The zero-order chi connectivity index (χ0) is 13.0. The first-order valence-corrected chi connectivity index (χ1v) is 5.37. The Morgan fingerprint density at radius 2 is 2.18 bits per heavy atom. The largest absolute Gasteiger partial charge is 0.397 e. The molecule has 0 amide bonds. The zero-order valence-electron chi connectivity index (χ0n) is 9.88. The van der Waals surface area contributed by atoms with Crippen LogP contribution in [0.3, 0.4) is 0 Å². The molecule has 0 aliphatic carbocycles. The first-order chi connectivity index (χ1) is 7.95. The minimum atomic E-state index is -0.494. The molecule has 6 nitrogen and oxygen atoms in total. The lowest BCUT2D eigenvalue weighted by Gasteiger charge is -2.22. The Balaban J connectivity index is 2.89. The average molecular weight is 239 g/mol. The number of aliphatic hydroxyl groups excluding tert-OH is 1. The van der Waals surface area contributed by atoms with Crippen LogP contribution in [0.15, 0.2) is 18.2 Å². The van der Waals surface area contributed by atoms with Crippen molar-refractivity contribution in [2.24, 2.45) is 5.92 Å². The van der Waals surface area contributed by atoms with Gasteiger partial charge in [0.25, 0.3) is 5.69 Å². The van der Waals surface area contributed by atoms with Gasteiger partial charge in [0.15, 0.2) is 0 Å². The standard InChI is InChI=1S/C11H17N3O3/c1-7(2)11(6-15)13-10-4-3-8(14(16)17)5-9(10)12/h3-5,7,11,13,15H,6,12H2,1-2H3. The molecule has 0 fully saturated rings. The Hall–Kier alpha value is -1.82. The van der Waals surface area contributed by atoms with Gasteiger partial charge in [-0.25, -0.2) is 0 Å². The number of benzene rings is 1. The summed E-state index contributed by atoms with van der Waals surface area (Å²) in [7, 11) is 0. The predicted molar refractivity (Wildman–Crippen MR) is 66.8 cm³/mol. The van der Waals surface area contributed by atoms with Crippen LogP contribution in [0.1, 0.15) is 13.8 Å². The van der Waals surface area contributed by atoms with Gasteiger partial charge in [0.05, 0.1) is 28.9 Å². The van der Waals surface area contributed by atoms with Gasteiger partial charge in [-0.15, -0.1) is 0 Å². The number of rotatable bonds is 5. The summed E-state index contributed by atoms with van der Waals surface area (Å²) in [5.74, 6) is 0.231. The maximum absolute atomic E-state index is 10.5. The lowest BCUT2D eigenvalue weighted by Crippen LogP contribution is -2.29. The second-order valence-corrected chi connectivity index (χ2v) is 4.21. The van der Waals surface area contributed by atoms with E-state index in [2.05, 4.69) is 5.32 Å². The SMILES string of the molecule is CC(C)C(CO)Nc1ccc([N+](=O)[O-])cc1N. The van der Waals surface area contributed by atoms with Crippen molar-refractivity contribution in [2.75, 3.05) is 17.7 Å². The molecular weight excluding hydrogens is 222 g/mol. The summed E-state index contributed by atoms with van der Waals surface area (Å²) in [6.07, 6.45) is 0. The third kappa shape index (κ3) is 3.32. The third-order valence-corrected chi connectivity index (χ3v) is 2.59. The van der Waals surface area contributed by atoms with E-state index in [-0.39, 0.29) is 24.3 Å². The first-order valence-electron chi connectivity index (χ1n) is 5.37. The number of aliphatic hydroxyl groups is 1. The summed E-state index contributed by atoms with van der Waals surface area (Å²) in [6, 6.07) is 4.11. The minimum Gasteiger partial charge on any atom is -0.397 e. The number of nitro benzene ring substituents is 1. The maximum atomic E-state index is 10.5. The predicted octanol–water partition coefficient (Wildman–Crippen LogP) is 1.61. The zero-order valence-corrected chi connectivity index (χ0v) is 9.88. The number of nitrogen functional groups attached to an aromatic ring is 1. The van der Waals surface area contributed by atoms with Crippen LogP contribution < -0.4 is 11.1 Å². The van der Waals surface area contributed by atoms with Gasteiger partial charge in [-0.2, -0.15) is 0 Å². The Kier molecular flexibility index (Phi) is 4.28. The maximum Gasteiger partial charge on any atom is 0.271 e. The molecule has 1 rings (SSSR count). The van der Waals surface area contributed by atoms with Crippen LogP contribution in [-0.2, 0) is 0 Å². The van der Waals surface area contributed by atoms with E-state index >= 15 is 0 Å². The van der Waals surface area contributed by atoms with Crippen LogP contribution >= 0.6 is 0 Å². The fraction of sp³-hybridized carbons (Fsp3) is 0.455. The summed E-state index contributed by atoms with van der Waals surface area (Å²) in [6.45, 7) is 3.92. The monoisotopic (exact) mass is 239 g/mol. The number of hydrogen-bond donors (Lipinski definition) is 3. The van der Waals surface area contributed by atoms with Gasteiger partial charge >= 0.3 is 0 Å². The molecule has 1 aromatic rings. The van der Waals surface area contributed by atoms with Crippen molar-refractivity contribution in [3.8, 4) is 0 Å². The smallest absolute Gasteiger partial charge is 0.271 e. The Morgan fingerprint density at radius 1 is 1.53 bits per heavy atom. The van der Waals surface area contributed by atoms with E-state index in [0.717, 1.165) is 0 Å². The van der Waals surface area contributed by atoms with E-state index < -0.39 is 4.92 Å². The Morgan fingerprint density at radius 3 is 2.59 bits per heavy atom. The van der Waals surface area contributed by atoms with Crippen LogP contribution in [0, 0.1) is 16.0 Å². The summed E-state index contributed by atoms with van der Waals surface area (Å²) < 4.78 is 0. The molecule has 4 N–H and O–H groups in total. The number of non-ortho nitro benzene ring substituents is 1.